The zero-order valence-electron chi connectivity index (χ0n) is 12.1. The molecule has 0 amide bonds. The van der Waals surface area contributed by atoms with Gasteiger partial charge < -0.3 is 19.3 Å². The van der Waals surface area contributed by atoms with Crippen LogP contribution >= 0.6 is 0 Å². The molecule has 0 radical (unpaired) electrons. The lowest BCUT2D eigenvalue weighted by Crippen LogP contribution is -2.17. The molecule has 2 aromatic rings. The van der Waals surface area contributed by atoms with Gasteiger partial charge >= 0.3 is 0 Å². The van der Waals surface area contributed by atoms with Crippen molar-refractivity contribution < 1.29 is 14.0 Å². The molecule has 6 nitrogen and oxygen atoms in total. The van der Waals surface area contributed by atoms with Gasteiger partial charge in [0.25, 0.3) is 0 Å². The van der Waals surface area contributed by atoms with E-state index in [-0.39, 0.29) is 6.04 Å². The highest BCUT2D eigenvalue weighted by molar-refractivity contribution is 5.60. The van der Waals surface area contributed by atoms with Gasteiger partial charge in [-0.3, -0.25) is 0 Å². The van der Waals surface area contributed by atoms with Crippen LogP contribution < -0.4 is 14.8 Å². The van der Waals surface area contributed by atoms with Crippen molar-refractivity contribution in [1.29, 1.82) is 0 Å². The second-order valence-corrected chi connectivity index (χ2v) is 4.31. The van der Waals surface area contributed by atoms with Crippen molar-refractivity contribution in [1.82, 2.24) is 15.5 Å². The molecule has 108 valence electrons. The molecule has 6 heteroatoms. The minimum absolute atomic E-state index is 0.0291. The maximum Gasteiger partial charge on any atom is 0.243 e. The van der Waals surface area contributed by atoms with E-state index in [1.54, 1.807) is 14.2 Å². The molecule has 1 aromatic heterocycles. The summed E-state index contributed by atoms with van der Waals surface area (Å²) in [6.07, 6.45) is 0. The Morgan fingerprint density at radius 1 is 1.25 bits per heavy atom. The molecule has 20 heavy (non-hydrogen) atoms. The van der Waals surface area contributed by atoms with E-state index in [1.807, 2.05) is 32.0 Å². The Bertz CT molecular complexity index is 569. The van der Waals surface area contributed by atoms with Crippen LogP contribution in [-0.2, 0) is 0 Å². The highest BCUT2D eigenvalue weighted by Gasteiger charge is 2.15. The van der Waals surface area contributed by atoms with E-state index in [0.29, 0.717) is 23.2 Å². The molecule has 0 aliphatic carbocycles. The maximum atomic E-state index is 5.27. The fourth-order valence-electron chi connectivity index (χ4n) is 1.90. The first-order chi connectivity index (χ1) is 9.69. The van der Waals surface area contributed by atoms with E-state index in [4.69, 9.17) is 14.0 Å². The largest absolute Gasteiger partial charge is 0.493 e. The number of nitrogens with one attached hydrogen (secondary N) is 1. The Hall–Kier alpha value is -2.08. The summed E-state index contributed by atoms with van der Waals surface area (Å²) in [5, 5.41) is 7.22. The molecule has 1 N–H and O–H groups in total. The third-order valence-corrected chi connectivity index (χ3v) is 2.96. The summed E-state index contributed by atoms with van der Waals surface area (Å²) in [7, 11) is 3.19. The van der Waals surface area contributed by atoms with Gasteiger partial charge in [-0.05, 0) is 31.7 Å². The summed E-state index contributed by atoms with van der Waals surface area (Å²) < 4.78 is 15.7. The fourth-order valence-corrected chi connectivity index (χ4v) is 1.90. The molecule has 0 saturated heterocycles. The van der Waals surface area contributed by atoms with E-state index in [1.165, 1.54) is 0 Å². The van der Waals surface area contributed by atoms with E-state index in [0.717, 1.165) is 12.1 Å². The third kappa shape index (κ3) is 2.91. The van der Waals surface area contributed by atoms with Gasteiger partial charge in [0.15, 0.2) is 11.5 Å². The number of aromatic nitrogens is 2. The predicted molar refractivity (Wildman–Crippen MR) is 74.9 cm³/mol. The Kier molecular flexibility index (Phi) is 4.57. The lowest BCUT2D eigenvalue weighted by molar-refractivity contribution is 0.342. The van der Waals surface area contributed by atoms with Gasteiger partial charge in [0, 0.05) is 5.56 Å². The molecule has 0 bridgehead atoms. The Labute approximate surface area is 118 Å². The van der Waals surface area contributed by atoms with Crippen LogP contribution in [-0.4, -0.2) is 30.9 Å². The highest BCUT2D eigenvalue weighted by Crippen LogP contribution is 2.31. The van der Waals surface area contributed by atoms with Crippen molar-refractivity contribution >= 4 is 0 Å². The first-order valence-corrected chi connectivity index (χ1v) is 6.49. The number of hydrogen-bond donors (Lipinski definition) is 1. The standard InChI is InChI=1S/C14H19N3O3/c1-5-15-9(2)14-16-13(17-20-14)10-6-7-11(18-3)12(8-10)19-4/h6-9,15H,5H2,1-4H3. The van der Waals surface area contributed by atoms with Crippen LogP contribution in [0.5, 0.6) is 11.5 Å². The summed E-state index contributed by atoms with van der Waals surface area (Å²) in [4.78, 5) is 4.39. The van der Waals surface area contributed by atoms with Crippen LogP contribution in [0.3, 0.4) is 0 Å². The summed E-state index contributed by atoms with van der Waals surface area (Å²) in [6, 6.07) is 5.54. The number of rotatable bonds is 6. The number of hydrogen-bond acceptors (Lipinski definition) is 6. The molecule has 1 unspecified atom stereocenters. The minimum atomic E-state index is 0.0291. The molecule has 1 aromatic carbocycles. The van der Waals surface area contributed by atoms with Gasteiger partial charge in [-0.1, -0.05) is 12.1 Å². The second-order valence-electron chi connectivity index (χ2n) is 4.31. The van der Waals surface area contributed by atoms with Crippen LogP contribution in [0, 0.1) is 0 Å². The van der Waals surface area contributed by atoms with E-state index in [9.17, 15) is 0 Å². The van der Waals surface area contributed by atoms with Crippen molar-refractivity contribution in [2.45, 2.75) is 19.9 Å². The van der Waals surface area contributed by atoms with Crippen LogP contribution in [0.4, 0.5) is 0 Å². The molecule has 0 spiro atoms. The van der Waals surface area contributed by atoms with Gasteiger partial charge in [0.2, 0.25) is 11.7 Å². The molecule has 0 fully saturated rings. The minimum Gasteiger partial charge on any atom is -0.493 e. The van der Waals surface area contributed by atoms with E-state index in [2.05, 4.69) is 15.5 Å². The average Bonchev–Trinajstić information content (AvgIpc) is 2.96. The molecule has 2 rings (SSSR count). The summed E-state index contributed by atoms with van der Waals surface area (Å²) >= 11 is 0. The van der Waals surface area contributed by atoms with Gasteiger partial charge in [0.1, 0.15) is 0 Å². The Morgan fingerprint density at radius 3 is 2.65 bits per heavy atom. The zero-order valence-corrected chi connectivity index (χ0v) is 12.1. The molecular formula is C14H19N3O3. The van der Waals surface area contributed by atoms with Crippen LogP contribution in [0.25, 0.3) is 11.4 Å². The Morgan fingerprint density at radius 2 is 2.00 bits per heavy atom. The van der Waals surface area contributed by atoms with E-state index >= 15 is 0 Å². The second kappa shape index (κ2) is 6.38. The zero-order chi connectivity index (χ0) is 14.5. The maximum absolute atomic E-state index is 5.27. The number of nitrogens with zero attached hydrogens (tertiary/aromatic N) is 2. The van der Waals surface area contributed by atoms with Crippen molar-refractivity contribution in [2.24, 2.45) is 0 Å². The van der Waals surface area contributed by atoms with Crippen molar-refractivity contribution in [3.63, 3.8) is 0 Å². The van der Waals surface area contributed by atoms with Gasteiger partial charge in [-0.15, -0.1) is 0 Å². The van der Waals surface area contributed by atoms with Crippen molar-refractivity contribution in [3.8, 4) is 22.9 Å². The van der Waals surface area contributed by atoms with Crippen LogP contribution in [0.15, 0.2) is 22.7 Å². The molecule has 0 saturated carbocycles. The van der Waals surface area contributed by atoms with Crippen molar-refractivity contribution in [3.05, 3.63) is 24.1 Å². The topological polar surface area (TPSA) is 69.4 Å². The monoisotopic (exact) mass is 277 g/mol. The van der Waals surface area contributed by atoms with Crippen molar-refractivity contribution in [2.75, 3.05) is 20.8 Å². The first kappa shape index (κ1) is 14.3. The fraction of sp³-hybridized carbons (Fsp3) is 0.429. The first-order valence-electron chi connectivity index (χ1n) is 6.49. The number of ether oxygens (including phenoxy) is 2. The lowest BCUT2D eigenvalue weighted by atomic mass is 10.2. The van der Waals surface area contributed by atoms with Gasteiger partial charge in [-0.25, -0.2) is 0 Å². The summed E-state index contributed by atoms with van der Waals surface area (Å²) in [6.45, 7) is 4.85. The molecule has 0 aliphatic heterocycles. The van der Waals surface area contributed by atoms with Gasteiger partial charge in [-0.2, -0.15) is 4.98 Å². The summed E-state index contributed by atoms with van der Waals surface area (Å²) in [5.41, 5.74) is 0.821. The smallest absolute Gasteiger partial charge is 0.243 e. The molecule has 1 atom stereocenters. The van der Waals surface area contributed by atoms with Crippen LogP contribution in [0.1, 0.15) is 25.8 Å². The lowest BCUT2D eigenvalue weighted by Gasteiger charge is -2.07. The SMILES string of the molecule is CCNC(C)c1nc(-c2ccc(OC)c(OC)c2)no1. The third-order valence-electron chi connectivity index (χ3n) is 2.96. The Balaban J connectivity index is 2.28. The quantitative estimate of drug-likeness (QED) is 0.874. The number of methoxy groups -OCH3 is 2. The van der Waals surface area contributed by atoms with E-state index < -0.39 is 0 Å². The summed E-state index contributed by atoms with van der Waals surface area (Å²) in [5.74, 6) is 2.40. The number of benzene rings is 1. The van der Waals surface area contributed by atoms with Gasteiger partial charge in [0.05, 0.1) is 20.3 Å². The predicted octanol–water partition coefficient (Wildman–Crippen LogP) is 2.42. The normalized spacial score (nSPS) is 12.2. The molecule has 0 aliphatic rings. The average molecular weight is 277 g/mol. The van der Waals surface area contributed by atoms with Crippen LogP contribution in [0.2, 0.25) is 0 Å². The highest BCUT2D eigenvalue weighted by atomic mass is 16.5. The molecule has 1 heterocycles. The molecular weight excluding hydrogens is 258 g/mol.